The highest BCUT2D eigenvalue weighted by atomic mass is 35.5. The molecule has 1 amide bonds. The molecule has 0 bridgehead atoms. The lowest BCUT2D eigenvalue weighted by atomic mass is 10.1. The van der Waals surface area contributed by atoms with Gasteiger partial charge in [0.05, 0.1) is 34.5 Å². The van der Waals surface area contributed by atoms with Crippen molar-refractivity contribution in [3.63, 3.8) is 0 Å². The van der Waals surface area contributed by atoms with Crippen LogP contribution in [0, 0.1) is 6.92 Å². The number of nitrogens with zero attached hydrogens (tertiary/aromatic N) is 5. The summed E-state index contributed by atoms with van der Waals surface area (Å²) in [6, 6.07) is 13.0. The fourth-order valence-corrected chi connectivity index (χ4v) is 5.11. The van der Waals surface area contributed by atoms with Gasteiger partial charge in [0.2, 0.25) is 4.80 Å². The highest BCUT2D eigenvalue weighted by Gasteiger charge is 2.18. The summed E-state index contributed by atoms with van der Waals surface area (Å²) in [5.41, 5.74) is 4.51. The van der Waals surface area contributed by atoms with Crippen LogP contribution >= 0.6 is 34.5 Å². The quantitative estimate of drug-likeness (QED) is 0.337. The van der Waals surface area contributed by atoms with Crippen LogP contribution in [0.5, 0.6) is 5.75 Å². The maximum absolute atomic E-state index is 11.8. The summed E-state index contributed by atoms with van der Waals surface area (Å²) in [5.74, 6) is 0.446. The molecule has 2 aromatic carbocycles. The molecule has 0 saturated carbocycles. The number of hydrogen-bond donors (Lipinski definition) is 1. The number of benzene rings is 2. The number of amides is 1. The van der Waals surface area contributed by atoms with Crippen LogP contribution in [0.1, 0.15) is 25.1 Å². The molecule has 0 fully saturated rings. The lowest BCUT2D eigenvalue weighted by Crippen LogP contribution is -2.25. The van der Waals surface area contributed by atoms with Crippen molar-refractivity contribution in [3.8, 4) is 22.7 Å². The Morgan fingerprint density at radius 1 is 1.19 bits per heavy atom. The SMILES string of the molecule is Cc1nn(-c2ccc(Cl)cc2)c(Cl)c1C=Nn1c(-c2ccc3c(c2)NC(=O)CO3)csc1=NC(C)C. The Labute approximate surface area is 221 Å². The Balaban J connectivity index is 1.57. The monoisotopic (exact) mass is 540 g/mol. The van der Waals surface area contributed by atoms with Gasteiger partial charge in [-0.05, 0) is 63.2 Å². The first kappa shape index (κ1) is 24.3. The highest BCUT2D eigenvalue weighted by Crippen LogP contribution is 2.33. The van der Waals surface area contributed by atoms with Gasteiger partial charge in [-0.2, -0.15) is 10.2 Å². The maximum atomic E-state index is 11.8. The van der Waals surface area contributed by atoms with Gasteiger partial charge in [0.25, 0.3) is 5.91 Å². The van der Waals surface area contributed by atoms with Crippen molar-refractivity contribution in [1.82, 2.24) is 14.5 Å². The zero-order chi connectivity index (χ0) is 25.4. The predicted octanol–water partition coefficient (Wildman–Crippen LogP) is 5.54. The van der Waals surface area contributed by atoms with Gasteiger partial charge in [0, 0.05) is 22.0 Å². The summed E-state index contributed by atoms with van der Waals surface area (Å²) < 4.78 is 8.92. The summed E-state index contributed by atoms with van der Waals surface area (Å²) in [7, 11) is 0. The Morgan fingerprint density at radius 2 is 1.97 bits per heavy atom. The highest BCUT2D eigenvalue weighted by molar-refractivity contribution is 7.07. The molecule has 1 aliphatic rings. The molecule has 4 aromatic rings. The molecule has 3 heterocycles. The van der Waals surface area contributed by atoms with Crippen LogP contribution in [0.2, 0.25) is 10.2 Å². The largest absolute Gasteiger partial charge is 0.482 e. The van der Waals surface area contributed by atoms with E-state index in [0.29, 0.717) is 27.2 Å². The first-order chi connectivity index (χ1) is 17.3. The molecule has 0 radical (unpaired) electrons. The minimum Gasteiger partial charge on any atom is -0.482 e. The van der Waals surface area contributed by atoms with Crippen LogP contribution < -0.4 is 14.9 Å². The number of carbonyl (C=O) groups excluding carboxylic acids is 1. The van der Waals surface area contributed by atoms with Crippen molar-refractivity contribution in [2.45, 2.75) is 26.8 Å². The van der Waals surface area contributed by atoms with Gasteiger partial charge in [-0.3, -0.25) is 9.79 Å². The van der Waals surface area contributed by atoms with E-state index in [4.69, 9.17) is 38.0 Å². The van der Waals surface area contributed by atoms with Crippen molar-refractivity contribution < 1.29 is 9.53 Å². The number of aryl methyl sites for hydroxylation is 1. The Morgan fingerprint density at radius 3 is 2.72 bits per heavy atom. The lowest BCUT2D eigenvalue weighted by Gasteiger charge is -2.18. The Hall–Kier alpha value is -3.40. The number of hydrogen-bond acceptors (Lipinski definition) is 6. The van der Waals surface area contributed by atoms with Gasteiger partial charge in [-0.25, -0.2) is 9.36 Å². The van der Waals surface area contributed by atoms with Crippen LogP contribution in [-0.2, 0) is 4.79 Å². The van der Waals surface area contributed by atoms with Gasteiger partial charge >= 0.3 is 0 Å². The molecule has 0 unspecified atom stereocenters. The zero-order valence-corrected chi connectivity index (χ0v) is 22.0. The molecule has 2 aromatic heterocycles. The van der Waals surface area contributed by atoms with E-state index in [0.717, 1.165) is 27.4 Å². The second kappa shape index (κ2) is 9.93. The molecule has 0 atom stereocenters. The smallest absolute Gasteiger partial charge is 0.262 e. The topological polar surface area (TPSA) is 85.8 Å². The van der Waals surface area contributed by atoms with Gasteiger partial charge in [0.1, 0.15) is 10.9 Å². The third-order valence-corrected chi connectivity index (χ3v) is 6.83. The van der Waals surface area contributed by atoms with Gasteiger partial charge < -0.3 is 10.1 Å². The first-order valence-corrected chi connectivity index (χ1v) is 12.8. The summed E-state index contributed by atoms with van der Waals surface area (Å²) in [5, 5.41) is 15.3. The average molecular weight is 541 g/mol. The summed E-state index contributed by atoms with van der Waals surface area (Å²) >= 11 is 14.2. The predicted molar refractivity (Wildman–Crippen MR) is 144 cm³/mol. The molecule has 1 aliphatic heterocycles. The number of thiazole rings is 1. The second-order valence-corrected chi connectivity index (χ2v) is 10.0. The van der Waals surface area contributed by atoms with Gasteiger partial charge in [0.15, 0.2) is 6.61 Å². The fraction of sp³-hybridized carbons (Fsp3) is 0.200. The van der Waals surface area contributed by atoms with Gasteiger partial charge in [-0.1, -0.05) is 23.2 Å². The van der Waals surface area contributed by atoms with E-state index in [1.165, 1.54) is 11.3 Å². The second-order valence-electron chi connectivity index (χ2n) is 8.41. The molecule has 0 saturated heterocycles. The van der Waals surface area contributed by atoms with Crippen molar-refractivity contribution in [1.29, 1.82) is 0 Å². The molecular weight excluding hydrogens is 519 g/mol. The summed E-state index contributed by atoms with van der Waals surface area (Å²) in [4.78, 5) is 17.3. The van der Waals surface area contributed by atoms with Gasteiger partial charge in [-0.15, -0.1) is 11.3 Å². The minimum atomic E-state index is -0.186. The van der Waals surface area contributed by atoms with Crippen molar-refractivity contribution >= 4 is 52.3 Å². The molecule has 36 heavy (non-hydrogen) atoms. The first-order valence-electron chi connectivity index (χ1n) is 11.2. The van der Waals surface area contributed by atoms with Crippen molar-refractivity contribution in [3.05, 3.63) is 74.1 Å². The molecule has 184 valence electrons. The third kappa shape index (κ3) is 4.82. The van der Waals surface area contributed by atoms with E-state index in [1.807, 2.05) is 56.5 Å². The zero-order valence-electron chi connectivity index (χ0n) is 19.7. The van der Waals surface area contributed by atoms with E-state index >= 15 is 0 Å². The number of aromatic nitrogens is 3. The third-order valence-electron chi connectivity index (χ3n) is 5.38. The molecule has 11 heteroatoms. The molecule has 5 rings (SSSR count). The average Bonchev–Trinajstić information content (AvgIpc) is 3.36. The van der Waals surface area contributed by atoms with Crippen LogP contribution in [-0.4, -0.2) is 39.2 Å². The van der Waals surface area contributed by atoms with E-state index < -0.39 is 0 Å². The van der Waals surface area contributed by atoms with E-state index in [9.17, 15) is 4.79 Å². The fourth-order valence-electron chi connectivity index (χ4n) is 3.69. The van der Waals surface area contributed by atoms with E-state index in [2.05, 4.69) is 10.4 Å². The Bertz CT molecular complexity index is 1550. The number of carbonyl (C=O) groups is 1. The minimum absolute atomic E-state index is 0.0102. The van der Waals surface area contributed by atoms with Crippen LogP contribution in [0.3, 0.4) is 0 Å². The molecule has 8 nitrogen and oxygen atoms in total. The Kier molecular flexibility index (Phi) is 6.70. The van der Waals surface area contributed by atoms with Crippen LogP contribution in [0.4, 0.5) is 5.69 Å². The van der Waals surface area contributed by atoms with E-state index in [-0.39, 0.29) is 18.6 Å². The molecule has 1 N–H and O–H groups in total. The van der Waals surface area contributed by atoms with Crippen molar-refractivity contribution in [2.24, 2.45) is 10.1 Å². The van der Waals surface area contributed by atoms with Crippen molar-refractivity contribution in [2.75, 3.05) is 11.9 Å². The van der Waals surface area contributed by atoms with E-state index in [1.54, 1.807) is 27.7 Å². The summed E-state index contributed by atoms with van der Waals surface area (Å²) in [6.07, 6.45) is 1.69. The molecular formula is C25H22Cl2N6O2S. The number of anilines is 1. The number of fused-ring (bicyclic) bond motifs is 1. The lowest BCUT2D eigenvalue weighted by molar-refractivity contribution is -0.118. The number of nitrogens with one attached hydrogen (secondary N) is 1. The standard InChI is InChI=1S/C25H22Cl2N6O2S/c1-14(2)29-25-33(21(13-36-25)16-4-9-22-20(10-16)30-23(34)12-35-22)28-11-19-15(3)31-32(24(19)27)18-7-5-17(26)6-8-18/h4-11,13-14H,12H2,1-3H3,(H,30,34). The summed E-state index contributed by atoms with van der Waals surface area (Å²) in [6.45, 7) is 5.91. The van der Waals surface area contributed by atoms with Crippen LogP contribution in [0.25, 0.3) is 16.9 Å². The number of ether oxygens (including phenoxy) is 1. The molecule has 0 aliphatic carbocycles. The number of rotatable bonds is 5. The molecule has 0 spiro atoms. The normalized spacial score (nSPS) is 13.8. The number of halogens is 2. The van der Waals surface area contributed by atoms with Crippen LogP contribution in [0.15, 0.2) is 57.9 Å². The maximum Gasteiger partial charge on any atom is 0.262 e.